The fourth-order valence-electron chi connectivity index (χ4n) is 2.03. The molecule has 0 bridgehead atoms. The highest BCUT2D eigenvalue weighted by Gasteiger charge is 2.35. The van der Waals surface area contributed by atoms with E-state index in [4.69, 9.17) is 0 Å². The van der Waals surface area contributed by atoms with Crippen molar-refractivity contribution in [2.45, 2.75) is 18.7 Å². The average Bonchev–Trinajstić information content (AvgIpc) is 2.63. The number of fused-ring (bicyclic) bond motifs is 1. The van der Waals surface area contributed by atoms with Gasteiger partial charge in [0.25, 0.3) is 11.8 Å². The second kappa shape index (κ2) is 5.25. The Labute approximate surface area is 119 Å². The normalized spacial score (nSPS) is 17.4. The van der Waals surface area contributed by atoms with E-state index in [0.717, 1.165) is 4.90 Å². The van der Waals surface area contributed by atoms with Crippen molar-refractivity contribution in [1.29, 1.82) is 0 Å². The first kappa shape index (κ1) is 13.9. The van der Waals surface area contributed by atoms with Crippen molar-refractivity contribution in [2.75, 3.05) is 6.54 Å². The molecule has 0 saturated heterocycles. The van der Waals surface area contributed by atoms with Crippen molar-refractivity contribution >= 4 is 27.7 Å². The van der Waals surface area contributed by atoms with E-state index in [1.165, 1.54) is 0 Å². The van der Waals surface area contributed by atoms with Crippen LogP contribution in [-0.2, 0) is 0 Å². The number of carbonyl (C=O) groups excluding carboxylic acids is 2. The Morgan fingerprint density at radius 3 is 2.16 bits per heavy atom. The number of imide groups is 1. The summed E-state index contributed by atoms with van der Waals surface area (Å²) < 4.78 is 13.7. The van der Waals surface area contributed by atoms with Crippen LogP contribution in [0.5, 0.6) is 0 Å². The zero-order chi connectivity index (χ0) is 14.2. The molecule has 5 heteroatoms. The van der Waals surface area contributed by atoms with Gasteiger partial charge in [0, 0.05) is 0 Å². The van der Waals surface area contributed by atoms with Gasteiger partial charge in [0.1, 0.15) is 5.83 Å². The van der Waals surface area contributed by atoms with E-state index in [2.05, 4.69) is 15.9 Å². The monoisotopic (exact) mass is 325 g/mol. The number of alkyl halides is 1. The second-order valence-electron chi connectivity index (χ2n) is 4.49. The van der Waals surface area contributed by atoms with Crippen molar-refractivity contribution in [1.82, 2.24) is 4.90 Å². The van der Waals surface area contributed by atoms with Gasteiger partial charge in [-0.2, -0.15) is 0 Å². The molecule has 100 valence electrons. The van der Waals surface area contributed by atoms with Crippen LogP contribution in [0.2, 0.25) is 0 Å². The summed E-state index contributed by atoms with van der Waals surface area (Å²) in [4.78, 5) is 24.8. The second-order valence-corrected chi connectivity index (χ2v) is 5.86. The zero-order valence-corrected chi connectivity index (χ0v) is 12.2. The van der Waals surface area contributed by atoms with E-state index in [1.807, 2.05) is 0 Å². The summed E-state index contributed by atoms with van der Waals surface area (Å²) >= 11 is 3.13. The minimum atomic E-state index is -0.428. The van der Waals surface area contributed by atoms with Gasteiger partial charge in [-0.15, -0.1) is 0 Å². The van der Waals surface area contributed by atoms with Crippen LogP contribution < -0.4 is 0 Å². The molecule has 0 spiro atoms. The smallest absolute Gasteiger partial charge is 0.261 e. The number of nitrogens with zero attached hydrogens (tertiary/aromatic N) is 1. The largest absolute Gasteiger partial charge is 0.270 e. The molecule has 0 aliphatic carbocycles. The third kappa shape index (κ3) is 2.47. The maximum absolute atomic E-state index is 13.7. The van der Waals surface area contributed by atoms with Gasteiger partial charge in [0.05, 0.1) is 22.5 Å². The summed E-state index contributed by atoms with van der Waals surface area (Å²) in [5.41, 5.74) is 1.14. The average molecular weight is 326 g/mol. The fourth-order valence-corrected chi connectivity index (χ4v) is 2.43. The van der Waals surface area contributed by atoms with Crippen LogP contribution >= 0.6 is 15.9 Å². The van der Waals surface area contributed by atoms with Crippen LogP contribution in [0.15, 0.2) is 35.7 Å². The van der Waals surface area contributed by atoms with E-state index < -0.39 is 4.83 Å². The number of carbonyl (C=O) groups is 2. The lowest BCUT2D eigenvalue weighted by molar-refractivity contribution is 0.0667. The molecule has 2 rings (SSSR count). The highest BCUT2D eigenvalue weighted by Crippen LogP contribution is 2.25. The molecule has 2 amide bonds. The molecular weight excluding hydrogens is 313 g/mol. The van der Waals surface area contributed by atoms with Crippen LogP contribution in [0, 0.1) is 0 Å². The molecule has 1 aromatic rings. The van der Waals surface area contributed by atoms with Gasteiger partial charge in [-0.25, -0.2) is 4.39 Å². The summed E-state index contributed by atoms with van der Waals surface area (Å²) in [5.74, 6) is -1.08. The maximum Gasteiger partial charge on any atom is 0.261 e. The lowest BCUT2D eigenvalue weighted by Crippen LogP contribution is -2.31. The van der Waals surface area contributed by atoms with Crippen molar-refractivity contribution in [3.05, 3.63) is 46.8 Å². The summed E-state index contributed by atoms with van der Waals surface area (Å²) in [6.45, 7) is 3.21. The van der Waals surface area contributed by atoms with Crippen molar-refractivity contribution in [3.63, 3.8) is 0 Å². The molecule has 0 radical (unpaired) electrons. The Balaban J connectivity index is 2.29. The van der Waals surface area contributed by atoms with Gasteiger partial charge in [-0.3, -0.25) is 14.5 Å². The lowest BCUT2D eigenvalue weighted by Gasteiger charge is -2.15. The minimum absolute atomic E-state index is 0.0197. The molecule has 0 unspecified atom stereocenters. The number of amides is 2. The van der Waals surface area contributed by atoms with E-state index in [1.54, 1.807) is 38.1 Å². The van der Waals surface area contributed by atoms with Gasteiger partial charge in [-0.05, 0) is 31.6 Å². The van der Waals surface area contributed by atoms with Gasteiger partial charge in [-0.1, -0.05) is 28.1 Å². The minimum Gasteiger partial charge on any atom is -0.270 e. The number of halogens is 2. The van der Waals surface area contributed by atoms with Gasteiger partial charge < -0.3 is 0 Å². The van der Waals surface area contributed by atoms with Crippen molar-refractivity contribution < 1.29 is 14.0 Å². The van der Waals surface area contributed by atoms with E-state index in [-0.39, 0.29) is 24.2 Å². The Hall–Kier alpha value is -1.49. The molecule has 1 heterocycles. The van der Waals surface area contributed by atoms with E-state index in [0.29, 0.717) is 16.7 Å². The van der Waals surface area contributed by atoms with E-state index in [9.17, 15) is 14.0 Å². The Morgan fingerprint density at radius 2 is 1.74 bits per heavy atom. The first-order valence-corrected chi connectivity index (χ1v) is 6.79. The zero-order valence-electron chi connectivity index (χ0n) is 10.6. The van der Waals surface area contributed by atoms with Crippen LogP contribution in [0.25, 0.3) is 0 Å². The number of benzene rings is 1. The first-order valence-electron chi connectivity index (χ1n) is 5.88. The lowest BCUT2D eigenvalue weighted by atomic mass is 10.1. The van der Waals surface area contributed by atoms with Crippen LogP contribution in [0.4, 0.5) is 4.39 Å². The van der Waals surface area contributed by atoms with Gasteiger partial charge in [0.2, 0.25) is 0 Å². The summed E-state index contributed by atoms with van der Waals surface area (Å²) in [5, 5.41) is 0. The van der Waals surface area contributed by atoms with Crippen LogP contribution in [0.1, 0.15) is 34.6 Å². The molecule has 0 aromatic heterocycles. The number of hydrogen-bond acceptors (Lipinski definition) is 2. The first-order chi connectivity index (χ1) is 8.93. The van der Waals surface area contributed by atoms with E-state index >= 15 is 0 Å². The number of hydrogen-bond donors (Lipinski definition) is 0. The van der Waals surface area contributed by atoms with Gasteiger partial charge in [0.15, 0.2) is 0 Å². The Bertz CT molecular complexity index is 546. The SMILES string of the molecule is C/C(CN1C(=O)c2ccccc2C1=O)=C(/F)[C@@H](C)Br. The quantitative estimate of drug-likeness (QED) is 0.631. The fraction of sp³-hybridized carbons (Fsp3) is 0.286. The van der Waals surface area contributed by atoms with Crippen molar-refractivity contribution in [2.24, 2.45) is 0 Å². The summed E-state index contributed by atoms with van der Waals surface area (Å²) in [7, 11) is 0. The Morgan fingerprint density at radius 1 is 1.26 bits per heavy atom. The third-order valence-electron chi connectivity index (χ3n) is 3.03. The highest BCUT2D eigenvalue weighted by atomic mass is 79.9. The topological polar surface area (TPSA) is 37.4 Å². The summed E-state index contributed by atoms with van der Waals surface area (Å²) in [6.07, 6.45) is 0. The predicted octanol–water partition coefficient (Wildman–Crippen LogP) is 3.31. The molecular formula is C14H13BrFNO2. The van der Waals surface area contributed by atoms with Crippen LogP contribution in [0.3, 0.4) is 0 Å². The standard InChI is InChI=1S/C14H13BrFNO2/c1-8(12(16)9(2)15)7-17-13(18)10-5-3-4-6-11(10)14(17)19/h3-6,9H,7H2,1-2H3/b12-8-/t9-/m1/s1. The van der Waals surface area contributed by atoms with Gasteiger partial charge >= 0.3 is 0 Å². The number of rotatable bonds is 3. The van der Waals surface area contributed by atoms with Crippen molar-refractivity contribution in [3.8, 4) is 0 Å². The molecule has 0 N–H and O–H groups in total. The molecule has 1 aromatic carbocycles. The Kier molecular flexibility index (Phi) is 3.85. The maximum atomic E-state index is 13.7. The predicted molar refractivity (Wildman–Crippen MR) is 74.0 cm³/mol. The molecule has 1 atom stereocenters. The molecule has 1 aliphatic heterocycles. The molecule has 1 aliphatic rings. The molecule has 3 nitrogen and oxygen atoms in total. The molecule has 0 saturated carbocycles. The molecule has 0 fully saturated rings. The number of allylic oxidation sites excluding steroid dienone is 1. The third-order valence-corrected chi connectivity index (χ3v) is 3.43. The van der Waals surface area contributed by atoms with Crippen LogP contribution in [-0.4, -0.2) is 28.1 Å². The highest BCUT2D eigenvalue weighted by molar-refractivity contribution is 9.09. The summed E-state index contributed by atoms with van der Waals surface area (Å²) in [6, 6.07) is 6.63. The molecule has 19 heavy (non-hydrogen) atoms.